The highest BCUT2D eigenvalue weighted by Crippen LogP contribution is 2.14. The topological polar surface area (TPSA) is 72.8 Å². The highest BCUT2D eigenvalue weighted by molar-refractivity contribution is 5.70. The molecule has 0 aromatic heterocycles. The van der Waals surface area contributed by atoms with Crippen LogP contribution in [0.25, 0.3) is 0 Å². The predicted octanol–water partition coefficient (Wildman–Crippen LogP) is 10.6. The van der Waals surface area contributed by atoms with Gasteiger partial charge in [0.05, 0.1) is 6.61 Å². The summed E-state index contributed by atoms with van der Waals surface area (Å²) in [7, 11) is 0. The van der Waals surface area contributed by atoms with Crippen molar-refractivity contribution < 1.29 is 24.2 Å². The molecule has 0 amide bonds. The molecule has 0 radical (unpaired) electrons. The van der Waals surface area contributed by atoms with Crippen LogP contribution in [0.1, 0.15) is 187 Å². The van der Waals surface area contributed by atoms with E-state index < -0.39 is 6.10 Å². The molecule has 41 heavy (non-hydrogen) atoms. The van der Waals surface area contributed by atoms with Gasteiger partial charge in [0.2, 0.25) is 0 Å². The number of esters is 2. The van der Waals surface area contributed by atoms with Crippen LogP contribution in [0.2, 0.25) is 0 Å². The molecule has 0 aliphatic rings. The highest BCUT2D eigenvalue weighted by Gasteiger charge is 2.16. The first-order valence-corrected chi connectivity index (χ1v) is 17.7. The number of carbonyl (C=O) groups excluding carboxylic acids is 2. The number of hydrogen-bond donors (Lipinski definition) is 1. The van der Waals surface area contributed by atoms with E-state index >= 15 is 0 Å². The van der Waals surface area contributed by atoms with Crippen LogP contribution in [0.15, 0.2) is 12.2 Å². The Balaban J connectivity index is 3.55. The van der Waals surface area contributed by atoms with E-state index in [1.165, 1.54) is 122 Å². The van der Waals surface area contributed by atoms with Crippen LogP contribution >= 0.6 is 0 Å². The second-order valence-corrected chi connectivity index (χ2v) is 12.0. The summed E-state index contributed by atoms with van der Waals surface area (Å²) in [4.78, 5) is 24.1. The zero-order valence-electron chi connectivity index (χ0n) is 27.3. The molecule has 0 saturated heterocycles. The average Bonchev–Trinajstić information content (AvgIpc) is 2.97. The van der Waals surface area contributed by atoms with Crippen LogP contribution in [-0.2, 0) is 19.1 Å². The number of aliphatic hydroxyl groups is 1. The molecule has 0 aliphatic heterocycles. The summed E-state index contributed by atoms with van der Waals surface area (Å²) >= 11 is 0. The second kappa shape index (κ2) is 33.1. The predicted molar refractivity (Wildman–Crippen MR) is 173 cm³/mol. The van der Waals surface area contributed by atoms with Gasteiger partial charge in [-0.05, 0) is 38.5 Å². The summed E-state index contributed by atoms with van der Waals surface area (Å²) in [6, 6.07) is 0. The molecule has 0 bridgehead atoms. The van der Waals surface area contributed by atoms with Crippen molar-refractivity contribution >= 4 is 11.9 Å². The van der Waals surface area contributed by atoms with Gasteiger partial charge in [0.1, 0.15) is 6.61 Å². The van der Waals surface area contributed by atoms with Gasteiger partial charge in [0.15, 0.2) is 6.10 Å². The van der Waals surface area contributed by atoms with Gasteiger partial charge in [-0.2, -0.15) is 0 Å². The molecule has 242 valence electrons. The first kappa shape index (κ1) is 39.6. The Kier molecular flexibility index (Phi) is 32.0. The van der Waals surface area contributed by atoms with E-state index in [9.17, 15) is 14.7 Å². The van der Waals surface area contributed by atoms with Crippen LogP contribution in [0.3, 0.4) is 0 Å². The molecule has 1 N–H and O–H groups in total. The van der Waals surface area contributed by atoms with Gasteiger partial charge in [-0.25, -0.2) is 0 Å². The number of carbonyl (C=O) groups is 2. The Hall–Kier alpha value is -1.36. The molecule has 0 fully saturated rings. The summed E-state index contributed by atoms with van der Waals surface area (Å²) in [6.07, 6.45) is 35.5. The van der Waals surface area contributed by atoms with Crippen LogP contribution in [-0.4, -0.2) is 36.4 Å². The van der Waals surface area contributed by atoms with E-state index in [0.717, 1.165) is 38.5 Å². The van der Waals surface area contributed by atoms with Crippen molar-refractivity contribution in [2.45, 2.75) is 193 Å². The summed E-state index contributed by atoms with van der Waals surface area (Å²) in [5.74, 6) is -0.590. The number of hydrogen-bond acceptors (Lipinski definition) is 5. The summed E-state index contributed by atoms with van der Waals surface area (Å²) < 4.78 is 10.6. The normalized spacial score (nSPS) is 12.2. The summed E-state index contributed by atoms with van der Waals surface area (Å²) in [5.41, 5.74) is 0. The van der Waals surface area contributed by atoms with E-state index in [2.05, 4.69) is 26.0 Å². The first-order valence-electron chi connectivity index (χ1n) is 17.7. The third-order valence-electron chi connectivity index (χ3n) is 7.81. The molecule has 0 aromatic rings. The zero-order valence-corrected chi connectivity index (χ0v) is 27.3. The van der Waals surface area contributed by atoms with Gasteiger partial charge in [-0.15, -0.1) is 0 Å². The lowest BCUT2D eigenvalue weighted by molar-refractivity contribution is -0.161. The maximum atomic E-state index is 12.1. The number of ether oxygens (including phenoxy) is 2. The van der Waals surface area contributed by atoms with Crippen molar-refractivity contribution in [3.63, 3.8) is 0 Å². The fourth-order valence-electron chi connectivity index (χ4n) is 5.08. The van der Waals surface area contributed by atoms with Gasteiger partial charge >= 0.3 is 11.9 Å². The zero-order chi connectivity index (χ0) is 30.1. The van der Waals surface area contributed by atoms with E-state index in [-0.39, 0.29) is 25.2 Å². The Morgan fingerprint density at radius 1 is 0.537 bits per heavy atom. The SMILES string of the molecule is CCCCCCC=CCCCCCCCCCC(=O)OC[C@H](CO)OC(=O)CCCCCCCCCCCCCC. The van der Waals surface area contributed by atoms with E-state index in [1.54, 1.807) is 0 Å². The van der Waals surface area contributed by atoms with E-state index in [0.29, 0.717) is 12.8 Å². The van der Waals surface area contributed by atoms with Crippen molar-refractivity contribution in [3.05, 3.63) is 12.2 Å². The molecule has 0 saturated carbocycles. The molecule has 0 rings (SSSR count). The minimum atomic E-state index is -0.764. The fraction of sp³-hybridized carbons (Fsp3) is 0.889. The number of allylic oxidation sites excluding steroid dienone is 2. The first-order chi connectivity index (χ1) is 20.1. The monoisotopic (exact) mass is 581 g/mol. The van der Waals surface area contributed by atoms with Crippen molar-refractivity contribution in [1.82, 2.24) is 0 Å². The van der Waals surface area contributed by atoms with E-state index in [4.69, 9.17) is 9.47 Å². The van der Waals surface area contributed by atoms with Gasteiger partial charge in [-0.3, -0.25) is 9.59 Å². The number of aliphatic hydroxyl groups excluding tert-OH is 1. The van der Waals surface area contributed by atoms with Gasteiger partial charge < -0.3 is 14.6 Å². The van der Waals surface area contributed by atoms with E-state index in [1.807, 2.05) is 0 Å². The van der Waals surface area contributed by atoms with Crippen molar-refractivity contribution in [2.24, 2.45) is 0 Å². The largest absolute Gasteiger partial charge is 0.462 e. The number of unbranched alkanes of at least 4 members (excludes halogenated alkanes) is 22. The van der Waals surface area contributed by atoms with Crippen molar-refractivity contribution in [2.75, 3.05) is 13.2 Å². The molecule has 1 atom stereocenters. The maximum Gasteiger partial charge on any atom is 0.306 e. The molecule has 0 spiro atoms. The number of rotatable bonds is 32. The standard InChI is InChI=1S/C36H68O5/c1-3-5-7-9-11-13-15-17-18-19-21-22-24-26-28-30-35(38)40-33-34(32-37)41-36(39)31-29-27-25-23-20-16-14-12-10-8-6-4-2/h13,15,34,37H,3-12,14,16-33H2,1-2H3/t34-/m0/s1. The summed E-state index contributed by atoms with van der Waals surface area (Å²) in [5, 5.41) is 9.51. The lowest BCUT2D eigenvalue weighted by Crippen LogP contribution is -2.28. The van der Waals surface area contributed by atoms with Crippen LogP contribution < -0.4 is 0 Å². The maximum absolute atomic E-state index is 12.1. The molecule has 0 aromatic carbocycles. The Morgan fingerprint density at radius 2 is 0.902 bits per heavy atom. The Morgan fingerprint density at radius 3 is 1.34 bits per heavy atom. The summed E-state index contributed by atoms with van der Waals surface area (Å²) in [6.45, 7) is 4.11. The smallest absolute Gasteiger partial charge is 0.306 e. The molecule has 5 nitrogen and oxygen atoms in total. The minimum Gasteiger partial charge on any atom is -0.462 e. The molecule has 0 aliphatic carbocycles. The molecule has 0 unspecified atom stereocenters. The van der Waals surface area contributed by atoms with Gasteiger partial charge in [-0.1, -0.05) is 148 Å². The molecular weight excluding hydrogens is 512 g/mol. The average molecular weight is 581 g/mol. The lowest BCUT2D eigenvalue weighted by atomic mass is 10.0. The van der Waals surface area contributed by atoms with Crippen LogP contribution in [0.4, 0.5) is 0 Å². The van der Waals surface area contributed by atoms with Crippen molar-refractivity contribution in [3.8, 4) is 0 Å². The lowest BCUT2D eigenvalue weighted by Gasteiger charge is -2.15. The molecule has 5 heteroatoms. The second-order valence-electron chi connectivity index (χ2n) is 12.0. The Bertz CT molecular complexity index is 589. The van der Waals surface area contributed by atoms with Crippen LogP contribution in [0.5, 0.6) is 0 Å². The molecule has 0 heterocycles. The van der Waals surface area contributed by atoms with Gasteiger partial charge in [0, 0.05) is 12.8 Å². The minimum absolute atomic E-state index is 0.0628. The van der Waals surface area contributed by atoms with Crippen LogP contribution in [0, 0.1) is 0 Å². The Labute approximate surface area is 254 Å². The fourth-order valence-corrected chi connectivity index (χ4v) is 5.08. The quantitative estimate of drug-likeness (QED) is 0.0487. The van der Waals surface area contributed by atoms with Gasteiger partial charge in [0.25, 0.3) is 0 Å². The highest BCUT2D eigenvalue weighted by atomic mass is 16.6. The molecular formula is C36H68O5. The van der Waals surface area contributed by atoms with Crippen molar-refractivity contribution in [1.29, 1.82) is 0 Å². The third-order valence-corrected chi connectivity index (χ3v) is 7.81. The third kappa shape index (κ3) is 31.4.